The molecule has 0 aromatic heterocycles. The molecule has 0 fully saturated rings. The van der Waals surface area contributed by atoms with Crippen molar-refractivity contribution in [1.29, 1.82) is 0 Å². The largest absolute Gasteiger partial charge is 0.497 e. The van der Waals surface area contributed by atoms with E-state index in [-0.39, 0.29) is 10.8 Å². The Hall–Kier alpha value is -2.33. The summed E-state index contributed by atoms with van der Waals surface area (Å²) in [6.07, 6.45) is 1.47. The lowest BCUT2D eigenvalue weighted by molar-refractivity contribution is 0.104. The van der Waals surface area contributed by atoms with Gasteiger partial charge < -0.3 is 10.1 Å². The number of anilines is 1. The summed E-state index contributed by atoms with van der Waals surface area (Å²) in [4.78, 5) is 12.1. The van der Waals surface area contributed by atoms with E-state index in [1.165, 1.54) is 18.2 Å². The lowest BCUT2D eigenvalue weighted by Gasteiger charge is -2.07. The third kappa shape index (κ3) is 4.09. The van der Waals surface area contributed by atoms with Crippen molar-refractivity contribution in [2.75, 3.05) is 12.4 Å². The summed E-state index contributed by atoms with van der Waals surface area (Å²) in [7, 11) is 1.57. The average molecular weight is 320 g/mol. The van der Waals surface area contributed by atoms with Crippen LogP contribution in [-0.2, 0) is 0 Å². The van der Waals surface area contributed by atoms with Gasteiger partial charge >= 0.3 is 0 Å². The van der Waals surface area contributed by atoms with Gasteiger partial charge in [-0.1, -0.05) is 11.6 Å². The summed E-state index contributed by atoms with van der Waals surface area (Å²) >= 11 is 5.71. The van der Waals surface area contributed by atoms with E-state index in [1.807, 2.05) is 0 Å². The Morgan fingerprint density at radius 2 is 1.91 bits per heavy atom. The Kier molecular flexibility index (Phi) is 5.17. The third-order valence-corrected chi connectivity index (χ3v) is 3.27. The molecule has 114 valence electrons. The quantitative estimate of drug-likeness (QED) is 0.642. The minimum absolute atomic E-state index is 0.0271. The number of ether oxygens (including phenoxy) is 1. The molecule has 0 saturated heterocycles. The number of hydrogen-bond acceptors (Lipinski definition) is 3. The Morgan fingerprint density at radius 1 is 1.23 bits per heavy atom. The molecule has 0 amide bonds. The maximum absolute atomic E-state index is 13.1. The first-order valence-electron chi connectivity index (χ1n) is 6.58. The number of halogens is 2. The van der Waals surface area contributed by atoms with Crippen LogP contribution in [0.3, 0.4) is 0 Å². The van der Waals surface area contributed by atoms with Gasteiger partial charge in [-0.15, -0.1) is 0 Å². The molecule has 0 aliphatic carbocycles. The summed E-state index contributed by atoms with van der Waals surface area (Å²) in [5, 5.41) is 3.02. The first-order chi connectivity index (χ1) is 10.5. The Morgan fingerprint density at radius 3 is 2.50 bits per heavy atom. The summed E-state index contributed by atoms with van der Waals surface area (Å²) in [5.74, 6) is 0.0698. The second-order valence-electron chi connectivity index (χ2n) is 4.67. The number of nitrogens with one attached hydrogen (secondary N) is 1. The summed E-state index contributed by atoms with van der Waals surface area (Å²) < 4.78 is 18.1. The maximum atomic E-state index is 13.1. The number of ketones is 1. The monoisotopic (exact) mass is 319 g/mol. The van der Waals surface area contributed by atoms with Crippen LogP contribution in [0.1, 0.15) is 17.3 Å². The lowest BCUT2D eigenvalue weighted by atomic mass is 10.1. The van der Waals surface area contributed by atoms with Crippen LogP contribution in [0.2, 0.25) is 5.02 Å². The molecule has 0 unspecified atom stereocenters. The van der Waals surface area contributed by atoms with Crippen molar-refractivity contribution in [3.8, 4) is 5.75 Å². The van der Waals surface area contributed by atoms with Crippen LogP contribution in [0.15, 0.2) is 54.2 Å². The van der Waals surface area contributed by atoms with Crippen molar-refractivity contribution < 1.29 is 13.9 Å². The normalized spacial score (nSPS) is 11.2. The topological polar surface area (TPSA) is 38.3 Å². The number of carbonyl (C=O) groups is 1. The fraction of sp³-hybridized carbons (Fsp3) is 0.118. The number of benzene rings is 2. The van der Waals surface area contributed by atoms with E-state index in [9.17, 15) is 9.18 Å². The van der Waals surface area contributed by atoms with Crippen molar-refractivity contribution in [1.82, 2.24) is 0 Å². The van der Waals surface area contributed by atoms with Crippen LogP contribution in [0.4, 0.5) is 10.1 Å². The number of hydrogen-bond donors (Lipinski definition) is 1. The first-order valence-corrected chi connectivity index (χ1v) is 6.96. The maximum Gasteiger partial charge on any atom is 0.187 e. The first kappa shape index (κ1) is 16.0. The van der Waals surface area contributed by atoms with E-state index < -0.39 is 5.82 Å². The van der Waals surface area contributed by atoms with Gasteiger partial charge in [0.2, 0.25) is 0 Å². The van der Waals surface area contributed by atoms with Gasteiger partial charge in [0.25, 0.3) is 0 Å². The SMILES string of the molecule is COc1ccc(C(=O)/C=C(/C)Nc2ccc(F)c(Cl)c2)cc1. The van der Waals surface area contributed by atoms with Crippen molar-refractivity contribution in [3.05, 3.63) is 70.6 Å². The van der Waals surface area contributed by atoms with Crippen LogP contribution in [0, 0.1) is 5.82 Å². The van der Waals surface area contributed by atoms with Gasteiger partial charge in [-0.2, -0.15) is 0 Å². The van der Waals surface area contributed by atoms with Gasteiger partial charge in [-0.05, 0) is 49.4 Å². The lowest BCUT2D eigenvalue weighted by Crippen LogP contribution is -2.01. The van der Waals surface area contributed by atoms with E-state index >= 15 is 0 Å². The summed E-state index contributed by atoms with van der Waals surface area (Å²) in [6.45, 7) is 1.75. The summed E-state index contributed by atoms with van der Waals surface area (Å²) in [6, 6.07) is 11.1. The Labute approximate surface area is 133 Å². The van der Waals surface area contributed by atoms with Crippen LogP contribution < -0.4 is 10.1 Å². The Balaban J connectivity index is 2.09. The third-order valence-electron chi connectivity index (χ3n) is 2.98. The second-order valence-corrected chi connectivity index (χ2v) is 5.08. The molecule has 0 heterocycles. The van der Waals surface area contributed by atoms with Gasteiger partial charge in [0.1, 0.15) is 11.6 Å². The van der Waals surface area contributed by atoms with E-state index in [1.54, 1.807) is 44.4 Å². The zero-order chi connectivity index (χ0) is 16.1. The predicted octanol–water partition coefficient (Wildman–Crippen LogP) is 4.69. The molecule has 2 aromatic rings. The van der Waals surface area contributed by atoms with Crippen LogP contribution >= 0.6 is 11.6 Å². The smallest absolute Gasteiger partial charge is 0.187 e. The van der Waals surface area contributed by atoms with Crippen molar-refractivity contribution >= 4 is 23.1 Å². The van der Waals surface area contributed by atoms with Crippen molar-refractivity contribution in [2.24, 2.45) is 0 Å². The number of carbonyl (C=O) groups excluding carboxylic acids is 1. The highest BCUT2D eigenvalue weighted by atomic mass is 35.5. The standard InChI is InChI=1S/C17H15ClFNO2/c1-11(20-13-5-8-16(19)15(18)10-13)9-17(21)12-3-6-14(22-2)7-4-12/h3-10,20H,1-2H3/b11-9-. The van der Waals surface area contributed by atoms with Crippen LogP contribution in [-0.4, -0.2) is 12.9 Å². The molecule has 5 heteroatoms. The highest BCUT2D eigenvalue weighted by Gasteiger charge is 2.05. The minimum atomic E-state index is -0.483. The second kappa shape index (κ2) is 7.09. The zero-order valence-corrected chi connectivity index (χ0v) is 12.9. The zero-order valence-electron chi connectivity index (χ0n) is 12.2. The molecule has 0 bridgehead atoms. The molecule has 1 N–H and O–H groups in total. The van der Waals surface area contributed by atoms with E-state index in [0.717, 1.165) is 0 Å². The van der Waals surface area contributed by atoms with Crippen molar-refractivity contribution in [2.45, 2.75) is 6.92 Å². The number of rotatable bonds is 5. The van der Waals surface area contributed by atoms with Gasteiger partial charge in [0.05, 0.1) is 12.1 Å². The molecule has 0 aliphatic heterocycles. The number of methoxy groups -OCH3 is 1. The van der Waals surface area contributed by atoms with E-state index in [2.05, 4.69) is 5.32 Å². The molecular formula is C17H15ClFNO2. The molecule has 2 aromatic carbocycles. The highest BCUT2D eigenvalue weighted by molar-refractivity contribution is 6.31. The molecular weight excluding hydrogens is 305 g/mol. The van der Waals surface area contributed by atoms with Gasteiger partial charge in [-0.25, -0.2) is 4.39 Å². The molecule has 0 radical (unpaired) electrons. The fourth-order valence-electron chi connectivity index (χ4n) is 1.87. The molecule has 0 spiro atoms. The van der Waals surface area contributed by atoms with E-state index in [0.29, 0.717) is 22.7 Å². The van der Waals surface area contributed by atoms with Crippen LogP contribution in [0.5, 0.6) is 5.75 Å². The Bertz CT molecular complexity index is 711. The molecule has 0 saturated carbocycles. The molecule has 2 rings (SSSR count). The van der Waals surface area contributed by atoms with Crippen molar-refractivity contribution in [3.63, 3.8) is 0 Å². The molecule has 22 heavy (non-hydrogen) atoms. The fourth-order valence-corrected chi connectivity index (χ4v) is 2.05. The summed E-state index contributed by atoms with van der Waals surface area (Å²) in [5.41, 5.74) is 1.80. The van der Waals surface area contributed by atoms with Crippen LogP contribution in [0.25, 0.3) is 0 Å². The van der Waals surface area contributed by atoms with Gasteiger partial charge in [0.15, 0.2) is 5.78 Å². The van der Waals surface area contributed by atoms with E-state index in [4.69, 9.17) is 16.3 Å². The minimum Gasteiger partial charge on any atom is -0.497 e. The molecule has 3 nitrogen and oxygen atoms in total. The predicted molar refractivity (Wildman–Crippen MR) is 86.1 cm³/mol. The highest BCUT2D eigenvalue weighted by Crippen LogP contribution is 2.20. The van der Waals surface area contributed by atoms with Gasteiger partial charge in [0, 0.05) is 23.0 Å². The number of allylic oxidation sites excluding steroid dienone is 2. The molecule has 0 aliphatic rings. The van der Waals surface area contributed by atoms with Gasteiger partial charge in [-0.3, -0.25) is 4.79 Å². The molecule has 0 atom stereocenters. The average Bonchev–Trinajstić information content (AvgIpc) is 2.51.